The van der Waals surface area contributed by atoms with Crippen LogP contribution in [0.25, 0.3) is 6.08 Å². The maximum atomic E-state index is 13.7. The smallest absolute Gasteiger partial charge is 0.157 e. The number of alkyl halides is 1. The van der Waals surface area contributed by atoms with Crippen molar-refractivity contribution < 1.29 is 4.39 Å². The summed E-state index contributed by atoms with van der Waals surface area (Å²) in [6.45, 7) is 13.1. The molecule has 0 saturated heterocycles. The van der Waals surface area contributed by atoms with Crippen LogP contribution in [-0.4, -0.2) is 29.0 Å². The van der Waals surface area contributed by atoms with Gasteiger partial charge in [0.05, 0.1) is 0 Å². The van der Waals surface area contributed by atoms with Crippen molar-refractivity contribution in [3.05, 3.63) is 41.6 Å². The average molecular weight is 291 g/mol. The molecule has 0 N–H and O–H groups in total. The summed E-state index contributed by atoms with van der Waals surface area (Å²) in [6, 6.07) is 0. The van der Waals surface area contributed by atoms with E-state index in [1.54, 1.807) is 23.8 Å². The van der Waals surface area contributed by atoms with Gasteiger partial charge in [0.1, 0.15) is 6.17 Å². The topological polar surface area (TPSA) is 21.1 Å². The molecule has 0 amide bonds. The van der Waals surface area contributed by atoms with E-state index in [-0.39, 0.29) is 0 Å². The summed E-state index contributed by atoms with van der Waals surface area (Å²) in [6.07, 6.45) is 6.28. The van der Waals surface area contributed by atoms with Gasteiger partial charge in [-0.3, -0.25) is 4.68 Å². The third kappa shape index (κ3) is 4.31. The number of aromatic nitrogens is 2. The molecular weight excluding hydrogens is 265 g/mol. The van der Waals surface area contributed by atoms with E-state index >= 15 is 0 Å². The number of anilines is 1. The monoisotopic (exact) mass is 291 g/mol. The lowest BCUT2D eigenvalue weighted by Gasteiger charge is -2.19. The minimum absolute atomic E-state index is 0.652. The molecule has 0 radical (unpaired) electrons. The van der Waals surface area contributed by atoms with Gasteiger partial charge in [-0.25, -0.2) is 4.39 Å². The van der Waals surface area contributed by atoms with Crippen molar-refractivity contribution in [2.45, 2.75) is 33.9 Å². The standard InChI is InChI=1S/C17H26FN3/c1-7-10-16(14(5)18)13(4)11-15-12-20(6)19-17(15)21(8-2)9-3/h7,10-12,14H,1,8-9H2,2-6H3/b13-11+,16-10-. The van der Waals surface area contributed by atoms with Gasteiger partial charge in [0.15, 0.2) is 5.82 Å². The Labute approximate surface area is 127 Å². The van der Waals surface area contributed by atoms with Crippen LogP contribution in [0.2, 0.25) is 0 Å². The van der Waals surface area contributed by atoms with Crippen LogP contribution in [0.3, 0.4) is 0 Å². The number of hydrogen-bond acceptors (Lipinski definition) is 2. The summed E-state index contributed by atoms with van der Waals surface area (Å²) < 4.78 is 15.5. The fourth-order valence-corrected chi connectivity index (χ4v) is 2.39. The maximum absolute atomic E-state index is 13.7. The number of hydrogen-bond donors (Lipinski definition) is 0. The van der Waals surface area contributed by atoms with Gasteiger partial charge in [-0.1, -0.05) is 18.7 Å². The molecule has 1 atom stereocenters. The fraction of sp³-hybridized carbons (Fsp3) is 0.471. The molecule has 116 valence electrons. The zero-order valence-corrected chi connectivity index (χ0v) is 13.7. The Morgan fingerprint density at radius 2 is 2.10 bits per heavy atom. The Bertz CT molecular complexity index is 534. The largest absolute Gasteiger partial charge is 0.355 e. The normalized spacial score (nSPS) is 14.2. The summed E-state index contributed by atoms with van der Waals surface area (Å²) in [5.74, 6) is 0.936. The predicted molar refractivity (Wildman–Crippen MR) is 89.3 cm³/mol. The van der Waals surface area contributed by atoms with Crippen molar-refractivity contribution in [2.75, 3.05) is 18.0 Å². The predicted octanol–water partition coefficient (Wildman–Crippen LogP) is 4.14. The van der Waals surface area contributed by atoms with E-state index in [1.165, 1.54) is 0 Å². The van der Waals surface area contributed by atoms with E-state index in [0.717, 1.165) is 30.0 Å². The molecular formula is C17H26FN3. The van der Waals surface area contributed by atoms with Gasteiger partial charge < -0.3 is 4.90 Å². The number of aryl methyl sites for hydroxylation is 1. The number of nitrogens with zero attached hydrogens (tertiary/aromatic N) is 3. The second-order valence-electron chi connectivity index (χ2n) is 5.06. The van der Waals surface area contributed by atoms with Crippen LogP contribution in [-0.2, 0) is 7.05 Å². The molecule has 0 bridgehead atoms. The molecule has 4 heteroatoms. The maximum Gasteiger partial charge on any atom is 0.157 e. The van der Waals surface area contributed by atoms with Crippen molar-refractivity contribution >= 4 is 11.9 Å². The van der Waals surface area contributed by atoms with Gasteiger partial charge in [-0.2, -0.15) is 5.10 Å². The zero-order valence-electron chi connectivity index (χ0n) is 13.7. The summed E-state index contributed by atoms with van der Waals surface area (Å²) in [5.41, 5.74) is 2.56. The van der Waals surface area contributed by atoms with E-state index < -0.39 is 6.17 Å². The van der Waals surface area contributed by atoms with Gasteiger partial charge in [0, 0.05) is 31.9 Å². The molecule has 0 aliphatic rings. The van der Waals surface area contributed by atoms with E-state index in [1.807, 2.05) is 26.2 Å². The first-order valence-corrected chi connectivity index (χ1v) is 7.38. The lowest BCUT2D eigenvalue weighted by molar-refractivity contribution is 0.415. The molecule has 1 heterocycles. The molecule has 0 fully saturated rings. The minimum Gasteiger partial charge on any atom is -0.355 e. The first-order chi connectivity index (χ1) is 9.94. The third-order valence-corrected chi connectivity index (χ3v) is 3.45. The van der Waals surface area contributed by atoms with E-state index in [0.29, 0.717) is 5.57 Å². The molecule has 1 rings (SSSR count). The third-order valence-electron chi connectivity index (χ3n) is 3.45. The Hall–Kier alpha value is -1.84. The van der Waals surface area contributed by atoms with E-state index in [4.69, 9.17) is 0 Å². The molecule has 0 aliphatic carbocycles. The summed E-state index contributed by atoms with van der Waals surface area (Å²) >= 11 is 0. The van der Waals surface area contributed by atoms with Crippen molar-refractivity contribution in [2.24, 2.45) is 7.05 Å². The highest BCUT2D eigenvalue weighted by molar-refractivity contribution is 5.68. The minimum atomic E-state index is -1.02. The van der Waals surface area contributed by atoms with Gasteiger partial charge >= 0.3 is 0 Å². The summed E-state index contributed by atoms with van der Waals surface area (Å²) in [7, 11) is 1.90. The molecule has 0 aromatic carbocycles. The van der Waals surface area contributed by atoms with Crippen molar-refractivity contribution in [1.29, 1.82) is 0 Å². The highest BCUT2D eigenvalue weighted by Gasteiger charge is 2.14. The first kappa shape index (κ1) is 17.2. The lowest BCUT2D eigenvalue weighted by Crippen LogP contribution is -2.23. The molecule has 21 heavy (non-hydrogen) atoms. The highest BCUT2D eigenvalue weighted by atomic mass is 19.1. The van der Waals surface area contributed by atoms with Crippen LogP contribution in [0.4, 0.5) is 10.2 Å². The van der Waals surface area contributed by atoms with Crippen LogP contribution in [0, 0.1) is 0 Å². The molecule has 1 aromatic rings. The Balaban J connectivity index is 3.25. The first-order valence-electron chi connectivity index (χ1n) is 7.38. The van der Waals surface area contributed by atoms with Crippen LogP contribution in [0.1, 0.15) is 33.3 Å². The van der Waals surface area contributed by atoms with Gasteiger partial charge in [0.25, 0.3) is 0 Å². The molecule has 0 aliphatic heterocycles. The van der Waals surface area contributed by atoms with E-state index in [9.17, 15) is 4.39 Å². The SMILES string of the molecule is C=C/C=C(/C(C)=C/c1cn(C)nc1N(CC)CC)C(C)F. The lowest BCUT2D eigenvalue weighted by atomic mass is 10.0. The van der Waals surface area contributed by atoms with Crippen LogP contribution < -0.4 is 4.90 Å². The fourth-order valence-electron chi connectivity index (χ4n) is 2.39. The highest BCUT2D eigenvalue weighted by Crippen LogP contribution is 2.25. The van der Waals surface area contributed by atoms with Crippen molar-refractivity contribution in [3.63, 3.8) is 0 Å². The van der Waals surface area contributed by atoms with Gasteiger partial charge in [0.2, 0.25) is 0 Å². The summed E-state index contributed by atoms with van der Waals surface area (Å²) in [4.78, 5) is 2.19. The molecule has 0 spiro atoms. The quantitative estimate of drug-likeness (QED) is 0.704. The van der Waals surface area contributed by atoms with Crippen LogP contribution in [0.5, 0.6) is 0 Å². The summed E-state index contributed by atoms with van der Waals surface area (Å²) in [5, 5.41) is 4.52. The Kier molecular flexibility index (Phi) is 6.40. The van der Waals surface area contributed by atoms with Crippen LogP contribution in [0.15, 0.2) is 36.1 Å². The molecule has 1 unspecified atom stereocenters. The number of allylic oxidation sites excluding steroid dienone is 4. The van der Waals surface area contributed by atoms with Crippen molar-refractivity contribution in [1.82, 2.24) is 9.78 Å². The molecule has 3 nitrogen and oxygen atoms in total. The zero-order chi connectivity index (χ0) is 16.0. The van der Waals surface area contributed by atoms with Gasteiger partial charge in [-0.05, 0) is 44.9 Å². The number of rotatable bonds is 7. The molecule has 1 aromatic heterocycles. The second kappa shape index (κ2) is 7.81. The Morgan fingerprint density at radius 3 is 2.57 bits per heavy atom. The van der Waals surface area contributed by atoms with Gasteiger partial charge in [-0.15, -0.1) is 0 Å². The van der Waals surface area contributed by atoms with Crippen LogP contribution >= 0.6 is 0 Å². The van der Waals surface area contributed by atoms with E-state index in [2.05, 4.69) is 30.4 Å². The second-order valence-corrected chi connectivity index (χ2v) is 5.06. The average Bonchev–Trinajstić information content (AvgIpc) is 2.77. The Morgan fingerprint density at radius 1 is 1.48 bits per heavy atom. The number of halogens is 1. The van der Waals surface area contributed by atoms with Crippen molar-refractivity contribution in [3.8, 4) is 0 Å². The molecule has 0 saturated carbocycles.